The van der Waals surface area contributed by atoms with Crippen LogP contribution in [0.15, 0.2) is 6.07 Å². The van der Waals surface area contributed by atoms with Gasteiger partial charge in [-0.1, -0.05) is 0 Å². The van der Waals surface area contributed by atoms with Crippen molar-refractivity contribution in [1.82, 2.24) is 0 Å². The van der Waals surface area contributed by atoms with Crippen LogP contribution in [0.3, 0.4) is 0 Å². The monoisotopic (exact) mass is 250 g/mol. The van der Waals surface area contributed by atoms with Gasteiger partial charge >= 0.3 is 0 Å². The van der Waals surface area contributed by atoms with Crippen LogP contribution in [0.5, 0.6) is 5.75 Å². The molecule has 0 unspecified atom stereocenters. The Morgan fingerprint density at radius 3 is 2.12 bits per heavy atom. The van der Waals surface area contributed by atoms with Crippen LogP contribution in [0.1, 0.15) is 19.3 Å². The van der Waals surface area contributed by atoms with Crippen LogP contribution in [0.2, 0.25) is 0 Å². The van der Waals surface area contributed by atoms with Gasteiger partial charge in [-0.15, -0.1) is 0 Å². The standard InChI is InChI=1S/C11H10F4O2/c12-5-4-6(13)10(15)11(9(5)14)17-8-3-1-2-7(8)16/h4,7-8,16H,1-3H2/t7-,8-/m0/s1. The second-order valence-electron chi connectivity index (χ2n) is 3.95. The summed E-state index contributed by atoms with van der Waals surface area (Å²) in [6.45, 7) is 0. The molecule has 0 spiro atoms. The van der Waals surface area contributed by atoms with E-state index in [9.17, 15) is 22.7 Å². The maximum absolute atomic E-state index is 13.2. The summed E-state index contributed by atoms with van der Waals surface area (Å²) in [5.74, 6) is -7.31. The first kappa shape index (κ1) is 12.2. The number of hydrogen-bond donors (Lipinski definition) is 1. The highest BCUT2D eigenvalue weighted by Gasteiger charge is 2.30. The summed E-state index contributed by atoms with van der Waals surface area (Å²) in [7, 11) is 0. The molecule has 1 N–H and O–H groups in total. The highest BCUT2D eigenvalue weighted by Crippen LogP contribution is 2.31. The van der Waals surface area contributed by atoms with E-state index in [1.807, 2.05) is 0 Å². The molecule has 2 atom stereocenters. The van der Waals surface area contributed by atoms with E-state index in [2.05, 4.69) is 0 Å². The number of hydrogen-bond acceptors (Lipinski definition) is 2. The second-order valence-corrected chi connectivity index (χ2v) is 3.95. The zero-order valence-corrected chi connectivity index (χ0v) is 8.72. The molecule has 0 bridgehead atoms. The van der Waals surface area contributed by atoms with Crippen molar-refractivity contribution >= 4 is 0 Å². The molecule has 0 radical (unpaired) electrons. The lowest BCUT2D eigenvalue weighted by atomic mass is 10.2. The molecule has 1 aliphatic rings. The first-order valence-electron chi connectivity index (χ1n) is 5.18. The smallest absolute Gasteiger partial charge is 0.203 e. The van der Waals surface area contributed by atoms with Gasteiger partial charge < -0.3 is 9.84 Å². The molecule has 1 aliphatic carbocycles. The Labute approximate surface area is 94.8 Å². The molecule has 1 aromatic carbocycles. The predicted octanol–water partition coefficient (Wildman–Crippen LogP) is 2.54. The minimum atomic E-state index is -1.58. The van der Waals surface area contributed by atoms with Crippen molar-refractivity contribution in [2.45, 2.75) is 31.5 Å². The summed E-state index contributed by atoms with van der Waals surface area (Å²) in [5, 5.41) is 9.41. The fraction of sp³-hybridized carbons (Fsp3) is 0.455. The number of aliphatic hydroxyl groups is 1. The minimum absolute atomic E-state index is 0.114. The van der Waals surface area contributed by atoms with Crippen LogP contribution in [-0.4, -0.2) is 17.3 Å². The van der Waals surface area contributed by atoms with Gasteiger partial charge in [-0.25, -0.2) is 8.78 Å². The van der Waals surface area contributed by atoms with Crippen LogP contribution in [-0.2, 0) is 0 Å². The average molecular weight is 250 g/mol. The maximum Gasteiger partial charge on any atom is 0.203 e. The number of ether oxygens (including phenoxy) is 1. The van der Waals surface area contributed by atoms with Gasteiger partial charge in [0.1, 0.15) is 6.10 Å². The number of aliphatic hydroxyl groups excluding tert-OH is 1. The summed E-state index contributed by atoms with van der Waals surface area (Å²) in [6.07, 6.45) is -0.253. The zero-order chi connectivity index (χ0) is 12.6. The largest absolute Gasteiger partial charge is 0.481 e. The highest BCUT2D eigenvalue weighted by molar-refractivity contribution is 5.29. The maximum atomic E-state index is 13.2. The lowest BCUT2D eigenvalue weighted by molar-refractivity contribution is 0.0539. The van der Waals surface area contributed by atoms with Crippen molar-refractivity contribution in [2.24, 2.45) is 0 Å². The fourth-order valence-electron chi connectivity index (χ4n) is 1.85. The molecule has 2 nitrogen and oxygen atoms in total. The lowest BCUT2D eigenvalue weighted by Crippen LogP contribution is -2.26. The average Bonchev–Trinajstić information content (AvgIpc) is 2.68. The minimum Gasteiger partial charge on any atom is -0.481 e. The van der Waals surface area contributed by atoms with Gasteiger partial charge in [-0.05, 0) is 19.3 Å². The van der Waals surface area contributed by atoms with Gasteiger partial charge in [-0.3, -0.25) is 0 Å². The van der Waals surface area contributed by atoms with Gasteiger partial charge in [0.25, 0.3) is 0 Å². The Balaban J connectivity index is 2.31. The fourth-order valence-corrected chi connectivity index (χ4v) is 1.85. The number of rotatable bonds is 2. The molecule has 6 heteroatoms. The van der Waals surface area contributed by atoms with Gasteiger partial charge in [0, 0.05) is 6.07 Å². The normalized spacial score (nSPS) is 24.1. The topological polar surface area (TPSA) is 29.5 Å². The summed E-state index contributed by atoms with van der Waals surface area (Å²) < 4.78 is 57.0. The Kier molecular flexibility index (Phi) is 3.24. The van der Waals surface area contributed by atoms with Crippen molar-refractivity contribution in [1.29, 1.82) is 0 Å². The van der Waals surface area contributed by atoms with Gasteiger partial charge in [0.15, 0.2) is 17.4 Å². The summed E-state index contributed by atoms with van der Waals surface area (Å²) in [5.41, 5.74) is 0. The van der Waals surface area contributed by atoms with Crippen LogP contribution >= 0.6 is 0 Å². The third kappa shape index (κ3) is 2.22. The van der Waals surface area contributed by atoms with E-state index >= 15 is 0 Å². The molecule has 0 amide bonds. The molecule has 1 aromatic rings. The Morgan fingerprint density at radius 2 is 1.65 bits per heavy atom. The molecule has 1 saturated carbocycles. The number of halogens is 4. The quantitative estimate of drug-likeness (QED) is 0.645. The van der Waals surface area contributed by atoms with Gasteiger partial charge in [0.2, 0.25) is 11.6 Å². The van der Waals surface area contributed by atoms with E-state index in [-0.39, 0.29) is 6.07 Å². The van der Waals surface area contributed by atoms with Crippen LogP contribution in [0, 0.1) is 23.3 Å². The van der Waals surface area contributed by atoms with Crippen molar-refractivity contribution in [3.05, 3.63) is 29.3 Å². The molecule has 0 heterocycles. The van der Waals surface area contributed by atoms with E-state index in [0.29, 0.717) is 19.3 Å². The molecular formula is C11H10F4O2. The first-order chi connectivity index (χ1) is 8.00. The van der Waals surface area contributed by atoms with E-state index < -0.39 is 41.2 Å². The molecule has 0 aliphatic heterocycles. The second kappa shape index (κ2) is 4.52. The summed E-state index contributed by atoms with van der Waals surface area (Å²) >= 11 is 0. The molecule has 0 saturated heterocycles. The van der Waals surface area contributed by atoms with Gasteiger partial charge in [-0.2, -0.15) is 8.78 Å². The first-order valence-corrected chi connectivity index (χ1v) is 5.18. The molecule has 94 valence electrons. The van der Waals surface area contributed by atoms with Crippen LogP contribution in [0.25, 0.3) is 0 Å². The molecule has 2 rings (SSSR count). The van der Waals surface area contributed by atoms with E-state index in [4.69, 9.17) is 4.74 Å². The van der Waals surface area contributed by atoms with Crippen molar-refractivity contribution in [2.75, 3.05) is 0 Å². The lowest BCUT2D eigenvalue weighted by Gasteiger charge is -2.18. The number of benzene rings is 1. The van der Waals surface area contributed by atoms with E-state index in [1.54, 1.807) is 0 Å². The Morgan fingerprint density at radius 1 is 1.06 bits per heavy atom. The zero-order valence-electron chi connectivity index (χ0n) is 8.72. The van der Waals surface area contributed by atoms with E-state index in [1.165, 1.54) is 0 Å². The van der Waals surface area contributed by atoms with Gasteiger partial charge in [0.05, 0.1) is 6.10 Å². The van der Waals surface area contributed by atoms with Crippen molar-refractivity contribution in [3.63, 3.8) is 0 Å². The Hall–Kier alpha value is -1.30. The predicted molar refractivity (Wildman–Crippen MR) is 50.5 cm³/mol. The highest BCUT2D eigenvalue weighted by atomic mass is 19.2. The molecule has 0 aromatic heterocycles. The van der Waals surface area contributed by atoms with E-state index in [0.717, 1.165) is 0 Å². The summed E-state index contributed by atoms with van der Waals surface area (Å²) in [6, 6.07) is 0.114. The summed E-state index contributed by atoms with van der Waals surface area (Å²) in [4.78, 5) is 0. The SMILES string of the molecule is O[C@H]1CCC[C@@H]1Oc1c(F)c(F)cc(F)c1F. The van der Waals surface area contributed by atoms with Crippen molar-refractivity contribution in [3.8, 4) is 5.75 Å². The third-order valence-corrected chi connectivity index (χ3v) is 2.76. The molecule has 17 heavy (non-hydrogen) atoms. The van der Waals surface area contributed by atoms with Crippen LogP contribution < -0.4 is 4.74 Å². The third-order valence-electron chi connectivity index (χ3n) is 2.76. The Bertz CT molecular complexity index is 410. The van der Waals surface area contributed by atoms with Crippen LogP contribution in [0.4, 0.5) is 17.6 Å². The molecule has 1 fully saturated rings. The van der Waals surface area contributed by atoms with Crippen molar-refractivity contribution < 1.29 is 27.4 Å². The molecular weight excluding hydrogens is 240 g/mol.